The molecule has 7 heteroatoms. The molecule has 0 aromatic carbocycles. The molecular formula is C12H17N3O3S. The van der Waals surface area contributed by atoms with Gasteiger partial charge in [0.2, 0.25) is 5.91 Å². The Balaban J connectivity index is 1.95. The zero-order valence-corrected chi connectivity index (χ0v) is 11.6. The Morgan fingerprint density at radius 3 is 2.84 bits per heavy atom. The van der Waals surface area contributed by atoms with E-state index in [1.165, 1.54) is 11.3 Å². The maximum atomic E-state index is 11.8. The van der Waals surface area contributed by atoms with Crippen molar-refractivity contribution in [1.82, 2.24) is 4.98 Å². The highest BCUT2D eigenvalue weighted by molar-refractivity contribution is 7.19. The highest BCUT2D eigenvalue weighted by Gasteiger charge is 2.26. The lowest BCUT2D eigenvalue weighted by Crippen LogP contribution is -2.27. The van der Waals surface area contributed by atoms with Gasteiger partial charge in [0.1, 0.15) is 5.00 Å². The molecular weight excluding hydrogens is 266 g/mol. The lowest BCUT2D eigenvalue weighted by molar-refractivity contribution is -0.142. The van der Waals surface area contributed by atoms with Crippen LogP contribution in [-0.4, -0.2) is 23.5 Å². The van der Waals surface area contributed by atoms with Gasteiger partial charge in [-0.15, -0.1) is 0 Å². The molecule has 6 nitrogen and oxygen atoms in total. The van der Waals surface area contributed by atoms with E-state index in [-0.39, 0.29) is 24.2 Å². The van der Waals surface area contributed by atoms with Gasteiger partial charge in [-0.25, -0.2) is 4.98 Å². The summed E-state index contributed by atoms with van der Waals surface area (Å²) >= 11 is 1.18. The number of hydrogen-bond acceptors (Lipinski definition) is 6. The maximum Gasteiger partial charge on any atom is 0.311 e. The second-order valence-corrected chi connectivity index (χ2v) is 5.46. The third-order valence-electron chi connectivity index (χ3n) is 3.05. The van der Waals surface area contributed by atoms with E-state index < -0.39 is 0 Å². The first-order chi connectivity index (χ1) is 9.10. The molecule has 0 aliphatic heterocycles. The van der Waals surface area contributed by atoms with Crippen LogP contribution in [0.5, 0.6) is 0 Å². The number of amides is 1. The van der Waals surface area contributed by atoms with Gasteiger partial charge >= 0.3 is 5.97 Å². The summed E-state index contributed by atoms with van der Waals surface area (Å²) in [6.07, 6.45) is 3.01. The molecule has 3 N–H and O–H groups in total. The highest BCUT2D eigenvalue weighted by atomic mass is 32.1. The fourth-order valence-electron chi connectivity index (χ4n) is 1.77. The first-order valence-electron chi connectivity index (χ1n) is 6.31. The number of aromatic nitrogens is 1. The molecule has 1 heterocycles. The predicted octanol–water partition coefficient (Wildman–Crippen LogP) is 1.57. The summed E-state index contributed by atoms with van der Waals surface area (Å²) < 4.78 is 4.84. The molecule has 0 saturated heterocycles. The number of hydrogen-bond donors (Lipinski definition) is 2. The van der Waals surface area contributed by atoms with Gasteiger partial charge in [-0.05, 0) is 19.8 Å². The highest BCUT2D eigenvalue weighted by Crippen LogP contribution is 2.30. The van der Waals surface area contributed by atoms with Crippen molar-refractivity contribution in [2.75, 3.05) is 17.7 Å². The van der Waals surface area contributed by atoms with Crippen LogP contribution in [0.15, 0.2) is 0 Å². The number of anilines is 2. The topological polar surface area (TPSA) is 94.3 Å². The molecule has 0 spiro atoms. The van der Waals surface area contributed by atoms with Crippen LogP contribution >= 0.6 is 11.3 Å². The number of nitrogen functional groups attached to an aromatic ring is 1. The van der Waals surface area contributed by atoms with Crippen molar-refractivity contribution in [2.45, 2.75) is 32.6 Å². The molecule has 1 aliphatic rings. The summed E-state index contributed by atoms with van der Waals surface area (Å²) in [5, 5.41) is 3.64. The molecule has 1 aromatic rings. The smallest absolute Gasteiger partial charge is 0.311 e. The number of rotatable bonds is 5. The molecule has 0 radical (unpaired) electrons. The molecule has 1 aliphatic carbocycles. The lowest BCUT2D eigenvalue weighted by atomic mass is 9.85. The van der Waals surface area contributed by atoms with Gasteiger partial charge in [-0.1, -0.05) is 17.8 Å². The van der Waals surface area contributed by atoms with Gasteiger partial charge in [-0.2, -0.15) is 0 Å². The molecule has 1 saturated carbocycles. The van der Waals surface area contributed by atoms with Crippen LogP contribution in [0.4, 0.5) is 10.1 Å². The van der Waals surface area contributed by atoms with Gasteiger partial charge in [-0.3, -0.25) is 9.59 Å². The number of carbonyl (C=O) groups is 2. The lowest BCUT2D eigenvalue weighted by Gasteiger charge is -2.23. The predicted molar refractivity (Wildman–Crippen MR) is 72.8 cm³/mol. The number of ether oxygens (including phenoxy) is 1. The van der Waals surface area contributed by atoms with Crippen molar-refractivity contribution in [3.8, 4) is 0 Å². The monoisotopic (exact) mass is 283 g/mol. The number of nitrogens with two attached hydrogens (primary N) is 1. The normalized spacial score (nSPS) is 14.8. The average molecular weight is 283 g/mol. The molecule has 1 fully saturated rings. The number of nitrogens with one attached hydrogen (secondary N) is 1. The molecule has 0 atom stereocenters. The molecule has 19 heavy (non-hydrogen) atoms. The number of nitrogens with zero attached hydrogens (tertiary/aromatic N) is 1. The summed E-state index contributed by atoms with van der Waals surface area (Å²) in [7, 11) is 0. The standard InChI is InChI=1S/C12H17N3O3S/c1-2-18-9(16)6-8-10(13)19-12(14-8)15-11(17)7-4-3-5-7/h7H,2-6,13H2,1H3,(H,14,15,17). The molecule has 1 amide bonds. The minimum atomic E-state index is -0.364. The van der Waals surface area contributed by atoms with Gasteiger partial charge in [0.05, 0.1) is 18.7 Å². The van der Waals surface area contributed by atoms with Crippen molar-refractivity contribution < 1.29 is 14.3 Å². The van der Waals surface area contributed by atoms with Crippen LogP contribution in [0, 0.1) is 5.92 Å². The van der Waals surface area contributed by atoms with Crippen molar-refractivity contribution in [3.05, 3.63) is 5.69 Å². The van der Waals surface area contributed by atoms with Gasteiger partial charge < -0.3 is 15.8 Å². The van der Waals surface area contributed by atoms with Crippen LogP contribution in [0.2, 0.25) is 0 Å². The summed E-state index contributed by atoms with van der Waals surface area (Å²) in [6, 6.07) is 0. The van der Waals surface area contributed by atoms with Crippen LogP contribution in [0.3, 0.4) is 0 Å². The van der Waals surface area contributed by atoms with E-state index in [1.54, 1.807) is 6.92 Å². The van der Waals surface area contributed by atoms with Crippen molar-refractivity contribution in [1.29, 1.82) is 0 Å². The minimum absolute atomic E-state index is 0.0114. The Bertz CT molecular complexity index is 483. The van der Waals surface area contributed by atoms with Crippen LogP contribution in [0.1, 0.15) is 31.9 Å². The van der Waals surface area contributed by atoms with Crippen molar-refractivity contribution >= 4 is 33.3 Å². The molecule has 1 aromatic heterocycles. The Morgan fingerprint density at radius 2 is 2.26 bits per heavy atom. The fourth-order valence-corrected chi connectivity index (χ4v) is 2.52. The minimum Gasteiger partial charge on any atom is -0.466 e. The zero-order valence-electron chi connectivity index (χ0n) is 10.8. The second kappa shape index (κ2) is 6.01. The Hall–Kier alpha value is -1.63. The van der Waals surface area contributed by atoms with Gasteiger partial charge in [0, 0.05) is 5.92 Å². The van der Waals surface area contributed by atoms with Crippen molar-refractivity contribution in [3.63, 3.8) is 0 Å². The van der Waals surface area contributed by atoms with Crippen LogP contribution < -0.4 is 11.1 Å². The van der Waals surface area contributed by atoms with E-state index >= 15 is 0 Å². The molecule has 104 valence electrons. The quantitative estimate of drug-likeness (QED) is 0.800. The summed E-state index contributed by atoms with van der Waals surface area (Å²) in [4.78, 5) is 27.3. The zero-order chi connectivity index (χ0) is 13.8. The van der Waals surface area contributed by atoms with Gasteiger partial charge in [0.15, 0.2) is 5.13 Å². The average Bonchev–Trinajstić information content (AvgIpc) is 2.56. The molecule has 0 bridgehead atoms. The number of carbonyl (C=O) groups excluding carboxylic acids is 2. The summed E-state index contributed by atoms with van der Waals surface area (Å²) in [5.74, 6) is -0.280. The third-order valence-corrected chi connectivity index (χ3v) is 3.89. The molecule has 2 rings (SSSR count). The van der Waals surface area contributed by atoms with E-state index in [9.17, 15) is 9.59 Å². The van der Waals surface area contributed by atoms with E-state index in [0.29, 0.717) is 22.4 Å². The SMILES string of the molecule is CCOC(=O)Cc1nc(NC(=O)C2CCC2)sc1N. The van der Waals surface area contributed by atoms with Crippen molar-refractivity contribution in [2.24, 2.45) is 5.92 Å². The van der Waals surface area contributed by atoms with Crippen LogP contribution in [-0.2, 0) is 20.7 Å². The first kappa shape index (κ1) is 13.8. The summed E-state index contributed by atoms with van der Waals surface area (Å²) in [6.45, 7) is 2.07. The largest absolute Gasteiger partial charge is 0.466 e. The van der Waals surface area contributed by atoms with E-state index in [2.05, 4.69) is 10.3 Å². The van der Waals surface area contributed by atoms with E-state index in [1.807, 2.05) is 0 Å². The number of esters is 1. The Labute approximate surface area is 115 Å². The number of thiazole rings is 1. The van der Waals surface area contributed by atoms with E-state index in [0.717, 1.165) is 19.3 Å². The second-order valence-electron chi connectivity index (χ2n) is 4.43. The van der Waals surface area contributed by atoms with E-state index in [4.69, 9.17) is 10.5 Å². The first-order valence-corrected chi connectivity index (χ1v) is 7.13. The fraction of sp³-hybridized carbons (Fsp3) is 0.583. The summed E-state index contributed by atoms with van der Waals surface area (Å²) in [5.41, 5.74) is 6.25. The maximum absolute atomic E-state index is 11.8. The Kier molecular flexibility index (Phi) is 4.36. The Morgan fingerprint density at radius 1 is 1.53 bits per heavy atom. The van der Waals surface area contributed by atoms with Crippen LogP contribution in [0.25, 0.3) is 0 Å². The van der Waals surface area contributed by atoms with Gasteiger partial charge in [0.25, 0.3) is 0 Å². The molecule has 0 unspecified atom stereocenters. The third kappa shape index (κ3) is 3.44.